The number of hydrogen-bond donors (Lipinski definition) is 0. The fourth-order valence-corrected chi connectivity index (χ4v) is 1.24. The molecule has 17 heavy (non-hydrogen) atoms. The molecule has 7 heteroatoms. The van der Waals surface area contributed by atoms with E-state index < -0.39 is 17.3 Å². The Balaban J connectivity index is 3.21. The Morgan fingerprint density at radius 3 is 2.65 bits per heavy atom. The maximum atomic E-state index is 12.1. The Morgan fingerprint density at radius 1 is 1.53 bits per heavy atom. The number of nitrogens with zero attached hydrogens (tertiary/aromatic N) is 1. The first-order valence-corrected chi connectivity index (χ1v) is 4.72. The third-order valence-electron chi connectivity index (χ3n) is 2.01. The molecule has 0 aliphatic heterocycles. The number of benzene rings is 1. The van der Waals surface area contributed by atoms with Crippen LogP contribution in [0.4, 0.5) is 14.5 Å². The number of hydrogen-bond acceptors (Lipinski definition) is 4. The van der Waals surface area contributed by atoms with Crippen LogP contribution in [0, 0.1) is 10.1 Å². The minimum atomic E-state index is -3.08. The summed E-state index contributed by atoms with van der Waals surface area (Å²) in [7, 11) is 0. The molecule has 0 aliphatic carbocycles. The zero-order chi connectivity index (χ0) is 13.0. The predicted molar refractivity (Wildman–Crippen MR) is 54.3 cm³/mol. The zero-order valence-corrected chi connectivity index (χ0v) is 8.85. The number of alkyl halides is 2. The van der Waals surface area contributed by atoms with Crippen molar-refractivity contribution in [2.75, 3.05) is 0 Å². The second-order valence-electron chi connectivity index (χ2n) is 3.09. The first kappa shape index (κ1) is 13.0. The first-order chi connectivity index (χ1) is 7.95. The molecule has 1 aromatic carbocycles. The summed E-state index contributed by atoms with van der Waals surface area (Å²) in [6, 6.07) is 2.93. The van der Waals surface area contributed by atoms with Gasteiger partial charge in [-0.25, -0.2) is 0 Å². The van der Waals surface area contributed by atoms with E-state index in [1.165, 1.54) is 6.92 Å². The van der Waals surface area contributed by atoms with Gasteiger partial charge in [-0.15, -0.1) is 0 Å². The Hall–Kier alpha value is -2.05. The topological polar surface area (TPSA) is 69.4 Å². The third kappa shape index (κ3) is 3.20. The molecule has 0 radical (unpaired) electrons. The number of nitro benzene ring substituents is 1. The van der Waals surface area contributed by atoms with Crippen LogP contribution < -0.4 is 4.74 Å². The summed E-state index contributed by atoms with van der Waals surface area (Å²) in [5.74, 6) is -0.846. The van der Waals surface area contributed by atoms with Crippen molar-refractivity contribution < 1.29 is 23.2 Å². The molecule has 0 spiro atoms. The summed E-state index contributed by atoms with van der Waals surface area (Å²) < 4.78 is 28.2. The minimum Gasteiger partial charge on any atom is -0.434 e. The molecule has 0 amide bonds. The van der Waals surface area contributed by atoms with Crippen LogP contribution in [0.1, 0.15) is 23.7 Å². The third-order valence-corrected chi connectivity index (χ3v) is 2.01. The van der Waals surface area contributed by atoms with E-state index >= 15 is 0 Å². The molecule has 92 valence electrons. The molecule has 0 atom stereocenters. The fourth-order valence-electron chi connectivity index (χ4n) is 1.24. The number of non-ortho nitro benzene ring substituents is 1. The van der Waals surface area contributed by atoms with Crippen molar-refractivity contribution in [3.05, 3.63) is 33.9 Å². The quantitative estimate of drug-likeness (QED) is 0.454. The summed E-state index contributed by atoms with van der Waals surface area (Å²) in [4.78, 5) is 21.2. The van der Waals surface area contributed by atoms with E-state index in [0.717, 1.165) is 18.2 Å². The van der Waals surface area contributed by atoms with Gasteiger partial charge in [0.1, 0.15) is 5.75 Å². The molecule has 0 fully saturated rings. The van der Waals surface area contributed by atoms with Gasteiger partial charge in [0, 0.05) is 18.6 Å². The molecular formula is C10H9F2NO4. The Labute approximate surface area is 95.2 Å². The molecule has 1 rings (SSSR count). The molecule has 0 aliphatic rings. The number of rotatable bonds is 5. The minimum absolute atomic E-state index is 0.0424. The lowest BCUT2D eigenvalue weighted by atomic mass is 10.1. The molecule has 1 aromatic rings. The average molecular weight is 245 g/mol. The first-order valence-electron chi connectivity index (χ1n) is 4.72. The molecule has 0 N–H and O–H groups in total. The van der Waals surface area contributed by atoms with E-state index in [4.69, 9.17) is 0 Å². The lowest BCUT2D eigenvalue weighted by molar-refractivity contribution is -0.384. The smallest absolute Gasteiger partial charge is 0.387 e. The Morgan fingerprint density at radius 2 is 2.18 bits per heavy atom. The van der Waals surface area contributed by atoms with Gasteiger partial charge in [-0.1, -0.05) is 6.92 Å². The zero-order valence-electron chi connectivity index (χ0n) is 8.85. The van der Waals surface area contributed by atoms with Crippen molar-refractivity contribution in [3.8, 4) is 5.75 Å². The van der Waals surface area contributed by atoms with Crippen LogP contribution in [0.15, 0.2) is 18.2 Å². The van der Waals surface area contributed by atoms with Gasteiger partial charge >= 0.3 is 6.61 Å². The summed E-state index contributed by atoms with van der Waals surface area (Å²) >= 11 is 0. The molecule has 0 bridgehead atoms. The van der Waals surface area contributed by atoms with E-state index in [9.17, 15) is 23.7 Å². The van der Waals surface area contributed by atoms with Crippen LogP contribution in [-0.4, -0.2) is 17.3 Å². The monoisotopic (exact) mass is 245 g/mol. The van der Waals surface area contributed by atoms with Gasteiger partial charge in [0.15, 0.2) is 5.78 Å². The number of carbonyl (C=O) groups excluding carboxylic acids is 1. The highest BCUT2D eigenvalue weighted by Gasteiger charge is 2.18. The number of carbonyl (C=O) groups is 1. The van der Waals surface area contributed by atoms with Gasteiger partial charge in [-0.05, 0) is 6.07 Å². The summed E-state index contributed by atoms with van der Waals surface area (Å²) in [6.45, 7) is -1.56. The van der Waals surface area contributed by atoms with Gasteiger partial charge < -0.3 is 4.74 Å². The molecule has 5 nitrogen and oxygen atoms in total. The predicted octanol–water partition coefficient (Wildman–Crippen LogP) is 2.79. The summed E-state index contributed by atoms with van der Waals surface area (Å²) in [6.07, 6.45) is 0.0424. The molecule has 0 aromatic heterocycles. The molecule has 0 saturated carbocycles. The maximum absolute atomic E-state index is 12.1. The molecule has 0 heterocycles. The van der Waals surface area contributed by atoms with Gasteiger partial charge in [0.2, 0.25) is 0 Å². The summed E-state index contributed by atoms with van der Waals surface area (Å²) in [5.41, 5.74) is -0.551. The van der Waals surface area contributed by atoms with Crippen LogP contribution in [0.2, 0.25) is 0 Å². The highest BCUT2D eigenvalue weighted by atomic mass is 19.3. The number of halogens is 2. The lowest BCUT2D eigenvalue weighted by Crippen LogP contribution is -2.08. The van der Waals surface area contributed by atoms with Crippen LogP contribution in [-0.2, 0) is 0 Å². The van der Waals surface area contributed by atoms with Crippen molar-refractivity contribution in [1.82, 2.24) is 0 Å². The maximum Gasteiger partial charge on any atom is 0.387 e. The number of nitro groups is 1. The van der Waals surface area contributed by atoms with Crippen LogP contribution >= 0.6 is 0 Å². The van der Waals surface area contributed by atoms with Gasteiger partial charge in [0.05, 0.1) is 10.5 Å². The van der Waals surface area contributed by atoms with Gasteiger partial charge in [0.25, 0.3) is 5.69 Å². The Bertz CT molecular complexity index is 448. The van der Waals surface area contributed by atoms with Gasteiger partial charge in [-0.2, -0.15) is 8.78 Å². The number of ether oxygens (including phenoxy) is 1. The number of Topliss-reactive ketones (excluding diaryl/α,β-unsaturated/α-hetero) is 1. The highest BCUT2D eigenvalue weighted by molar-refractivity contribution is 5.99. The van der Waals surface area contributed by atoms with Crippen molar-refractivity contribution in [3.63, 3.8) is 0 Å². The average Bonchev–Trinajstić information content (AvgIpc) is 2.27. The lowest BCUT2D eigenvalue weighted by Gasteiger charge is -2.08. The van der Waals surface area contributed by atoms with Crippen molar-refractivity contribution in [1.29, 1.82) is 0 Å². The van der Waals surface area contributed by atoms with Crippen LogP contribution in [0.5, 0.6) is 5.75 Å². The second kappa shape index (κ2) is 5.33. The molecule has 0 unspecified atom stereocenters. The molecule has 0 saturated heterocycles. The van der Waals surface area contributed by atoms with E-state index in [-0.39, 0.29) is 23.4 Å². The normalized spacial score (nSPS) is 10.4. The SMILES string of the molecule is CCC(=O)c1cc([N+](=O)[O-])ccc1OC(F)F. The van der Waals surface area contributed by atoms with Crippen molar-refractivity contribution in [2.45, 2.75) is 20.0 Å². The standard InChI is InChI=1S/C10H9F2NO4/c1-2-8(14)7-5-6(13(15)16)3-4-9(7)17-10(11)12/h3-5,10H,2H2,1H3. The summed E-state index contributed by atoms with van der Waals surface area (Å²) in [5, 5.41) is 10.5. The highest BCUT2D eigenvalue weighted by Crippen LogP contribution is 2.26. The van der Waals surface area contributed by atoms with E-state index in [0.29, 0.717) is 0 Å². The largest absolute Gasteiger partial charge is 0.434 e. The van der Waals surface area contributed by atoms with E-state index in [1.54, 1.807) is 0 Å². The van der Waals surface area contributed by atoms with E-state index in [2.05, 4.69) is 4.74 Å². The second-order valence-corrected chi connectivity index (χ2v) is 3.09. The van der Waals surface area contributed by atoms with Gasteiger partial charge in [-0.3, -0.25) is 14.9 Å². The van der Waals surface area contributed by atoms with Crippen LogP contribution in [0.25, 0.3) is 0 Å². The van der Waals surface area contributed by atoms with Crippen molar-refractivity contribution >= 4 is 11.5 Å². The van der Waals surface area contributed by atoms with E-state index in [1.807, 2.05) is 0 Å². The fraction of sp³-hybridized carbons (Fsp3) is 0.300. The van der Waals surface area contributed by atoms with Crippen molar-refractivity contribution in [2.24, 2.45) is 0 Å². The Kier molecular flexibility index (Phi) is 4.08. The number of ketones is 1. The molecular weight excluding hydrogens is 236 g/mol. The van der Waals surface area contributed by atoms with Crippen LogP contribution in [0.3, 0.4) is 0 Å².